The minimum Gasteiger partial charge on any atom is -0.379 e. The van der Waals surface area contributed by atoms with Crippen LogP contribution in [-0.2, 0) is 199 Å². The van der Waals surface area contributed by atoms with Crippen LogP contribution in [0.3, 0.4) is 0 Å². The molecule has 0 aliphatic heterocycles. The van der Waals surface area contributed by atoms with E-state index in [0.29, 0.717) is 535 Å². The molecule has 1 N–H and O–H groups in total. The lowest BCUT2D eigenvalue weighted by Crippen LogP contribution is -2.28. The molecule has 0 atom stereocenters. The molecule has 0 saturated heterocycles. The lowest BCUT2D eigenvalue weighted by molar-refractivity contribution is -0.122. The minimum atomic E-state index is -0.188. The smallest absolute Gasteiger partial charge is 0.222 e. The average molecular weight is 1930 g/mol. The van der Waals surface area contributed by atoms with Crippen molar-refractivity contribution in [1.29, 1.82) is 0 Å². The predicted octanol–water partition coefficient (Wildman–Crippen LogP) is 0.636. The van der Waals surface area contributed by atoms with Gasteiger partial charge in [-0.15, -0.1) is 19.1 Å². The summed E-state index contributed by atoms with van der Waals surface area (Å²) in [7, 11) is 0. The molecule has 780 valence electrons. The molecule has 0 saturated carbocycles. The summed E-state index contributed by atoms with van der Waals surface area (Å²) >= 11 is 3.68. The maximum Gasteiger partial charge on any atom is 0.222 e. The van der Waals surface area contributed by atoms with E-state index in [1.807, 2.05) is 0 Å². The molecular weight excluding hydrogens is 1760 g/mol. The lowest BCUT2D eigenvalue weighted by Gasteiger charge is -2.09. The van der Waals surface area contributed by atoms with E-state index in [1.54, 1.807) is 0 Å². The van der Waals surface area contributed by atoms with E-state index < -0.39 is 0 Å². The highest BCUT2D eigenvalue weighted by molar-refractivity contribution is 7.96. The van der Waals surface area contributed by atoms with Gasteiger partial charge in [0.15, 0.2) is 5.12 Å². The molecule has 0 unspecified atom stereocenters. The van der Waals surface area contributed by atoms with Crippen molar-refractivity contribution in [2.24, 2.45) is 0 Å². The van der Waals surface area contributed by atoms with Gasteiger partial charge in [-0.1, -0.05) is 5.92 Å². The van der Waals surface area contributed by atoms with Crippen molar-refractivity contribution < 1.29 is 199 Å². The maximum absolute atomic E-state index is 11.9. The second-order valence-electron chi connectivity index (χ2n) is 26.4. The minimum absolute atomic E-state index is 0.101. The molecule has 0 heterocycles. The number of terminal acetylenes is 1. The number of ether oxygens (including phenoxy) is 40. The van der Waals surface area contributed by atoms with Crippen LogP contribution in [-0.4, -0.2) is 546 Å². The Morgan fingerprint density at radius 1 is 0.153 bits per heavy atom. The third kappa shape index (κ3) is 125. The molecule has 0 bridgehead atoms. The van der Waals surface area contributed by atoms with Gasteiger partial charge in [0.25, 0.3) is 0 Å². The first-order valence-corrected chi connectivity index (χ1v) is 46.6. The molecule has 0 aliphatic carbocycles. The van der Waals surface area contributed by atoms with Crippen LogP contribution in [0.5, 0.6) is 0 Å². The van der Waals surface area contributed by atoms with Gasteiger partial charge in [0.05, 0.1) is 522 Å². The number of carbonyl (C=O) groups excluding carboxylic acids is 2. The maximum atomic E-state index is 11.9. The summed E-state index contributed by atoms with van der Waals surface area (Å²) < 4.78 is 220. The summed E-state index contributed by atoms with van der Waals surface area (Å²) in [5.41, 5.74) is 0. The summed E-state index contributed by atoms with van der Waals surface area (Å²) in [6, 6.07) is 0. The van der Waals surface area contributed by atoms with Crippen molar-refractivity contribution in [1.82, 2.24) is 5.32 Å². The van der Waals surface area contributed by atoms with E-state index in [1.165, 1.54) is 0 Å². The number of carbonyl (C=O) groups is 2. The number of rotatable bonds is 124. The van der Waals surface area contributed by atoms with Gasteiger partial charge in [-0.2, -0.15) is 0 Å². The van der Waals surface area contributed by atoms with Gasteiger partial charge in [0, 0.05) is 19.4 Å². The third-order valence-electron chi connectivity index (χ3n) is 15.8. The molecule has 0 aromatic carbocycles. The van der Waals surface area contributed by atoms with Gasteiger partial charge < -0.3 is 195 Å². The Kier molecular flexibility index (Phi) is 121. The van der Waals surface area contributed by atoms with E-state index >= 15 is 0 Å². The van der Waals surface area contributed by atoms with Crippen LogP contribution < -0.4 is 5.32 Å². The van der Waals surface area contributed by atoms with Crippen LogP contribution >= 0.6 is 12.6 Å². The Bertz CT molecular complexity index is 2110. The number of hydrogen-bond acceptors (Lipinski definition) is 42. The van der Waals surface area contributed by atoms with Crippen molar-refractivity contribution in [3.8, 4) is 12.3 Å². The first kappa shape index (κ1) is 128. The van der Waals surface area contributed by atoms with Crippen LogP contribution in [0.4, 0.5) is 0 Å². The van der Waals surface area contributed by atoms with E-state index in [0.717, 1.165) is 0 Å². The molecule has 1 amide bonds. The van der Waals surface area contributed by atoms with Crippen molar-refractivity contribution in [2.75, 3.05) is 535 Å². The summed E-state index contributed by atoms with van der Waals surface area (Å²) in [6.45, 7) is 37.3. The summed E-state index contributed by atoms with van der Waals surface area (Å²) in [6.07, 6.45) is 5.66. The highest BCUT2D eigenvalue weighted by atomic mass is 32.1. The molecule has 0 rings (SSSR count). The summed E-state index contributed by atoms with van der Waals surface area (Å²) in [5.74, 6) is 2.29. The van der Waals surface area contributed by atoms with Crippen molar-refractivity contribution >= 4 is 23.7 Å². The zero-order valence-electron chi connectivity index (χ0n) is 78.9. The fraction of sp³-hybridized carbons (Fsp3) is 0.954. The monoisotopic (exact) mass is 1930 g/mol. The topological polar surface area (TPSA) is 415 Å². The Labute approximate surface area is 785 Å². The van der Waals surface area contributed by atoms with E-state index in [9.17, 15) is 9.59 Å². The quantitative estimate of drug-likeness (QED) is 0.0479. The van der Waals surface area contributed by atoms with Gasteiger partial charge in [-0.05, 0) is 0 Å². The molecular formula is C87H169NO42S. The van der Waals surface area contributed by atoms with Gasteiger partial charge in [0.1, 0.15) is 6.61 Å². The molecule has 0 aromatic heterocycles. The summed E-state index contributed by atoms with van der Waals surface area (Å²) in [4.78, 5) is 22.6. The zero-order valence-corrected chi connectivity index (χ0v) is 79.8. The van der Waals surface area contributed by atoms with Crippen molar-refractivity contribution in [3.63, 3.8) is 0 Å². The second kappa shape index (κ2) is 124. The van der Waals surface area contributed by atoms with Crippen LogP contribution in [0.15, 0.2) is 0 Å². The molecule has 0 spiro atoms. The molecule has 43 nitrogen and oxygen atoms in total. The van der Waals surface area contributed by atoms with Gasteiger partial charge in [-0.3, -0.25) is 9.59 Å². The fourth-order valence-electron chi connectivity index (χ4n) is 9.27. The molecule has 131 heavy (non-hydrogen) atoms. The van der Waals surface area contributed by atoms with Gasteiger partial charge >= 0.3 is 0 Å². The molecule has 0 radical (unpaired) electrons. The first-order valence-electron chi connectivity index (χ1n) is 46.2. The van der Waals surface area contributed by atoms with Crippen molar-refractivity contribution in [3.05, 3.63) is 0 Å². The van der Waals surface area contributed by atoms with E-state index in [4.69, 9.17) is 196 Å². The Morgan fingerprint density at radius 3 is 0.366 bits per heavy atom. The third-order valence-corrected chi connectivity index (χ3v) is 16.0. The molecule has 0 aromatic rings. The largest absolute Gasteiger partial charge is 0.379 e. The van der Waals surface area contributed by atoms with E-state index in [-0.39, 0.29) is 24.1 Å². The average Bonchev–Trinajstić information content (AvgIpc) is 1.08. The first-order chi connectivity index (χ1) is 65.2. The number of hydrogen-bond donors (Lipinski definition) is 2. The normalized spacial score (nSPS) is 11.7. The van der Waals surface area contributed by atoms with Crippen LogP contribution in [0.25, 0.3) is 0 Å². The standard InChI is InChI=1S/C87H169NO42S/c1-2-6-91-10-14-95-18-19-96-15-11-92-7-3-86(89)88-5-9-94-13-17-98-21-23-100-25-27-102-29-31-104-33-35-106-37-39-108-41-43-110-45-47-112-49-51-114-53-55-116-57-59-118-61-63-120-65-67-122-69-71-124-73-75-126-77-79-128-81-83-130-85-84-129-82-80-127-78-76-125-74-72-123-70-68-121-66-64-119-62-60-117-58-56-115-54-52-113-50-48-111-46-44-109-42-40-107-38-36-105-34-32-103-30-28-101-26-24-99-22-20-97-16-12-93-8-4-87(90)131/h1H,3-85H2,(H,88,89)(H,90,131). The van der Waals surface area contributed by atoms with Crippen LogP contribution in [0, 0.1) is 12.3 Å². The van der Waals surface area contributed by atoms with Gasteiger partial charge in [0.2, 0.25) is 5.91 Å². The SMILES string of the molecule is C#CCOCCOCCOCCOCCC(=O)NCCOCCOCCOCCOCCOCCOCCOCCOCCOCCOCCOCCOCCOCCOCCOCCOCCOCCOCCOCCOCCOCCOCCOCCOCCOCCOCCOCCOCCOCCOCCOCCOCCOCCOCCOCCOCCC(=O)S. The second-order valence-corrected chi connectivity index (χ2v) is 26.9. The molecule has 0 fully saturated rings. The molecule has 44 heteroatoms. The lowest BCUT2D eigenvalue weighted by atomic mass is 10.4. The highest BCUT2D eigenvalue weighted by Gasteiger charge is 2.07. The van der Waals surface area contributed by atoms with Crippen molar-refractivity contribution in [2.45, 2.75) is 12.8 Å². The zero-order chi connectivity index (χ0) is 93.5. The van der Waals surface area contributed by atoms with Crippen LogP contribution in [0.2, 0.25) is 0 Å². The Morgan fingerprint density at radius 2 is 0.252 bits per heavy atom. The summed E-state index contributed by atoms with van der Waals surface area (Å²) in [5, 5.41) is 2.61. The Balaban J connectivity index is 3.12. The molecule has 0 aliphatic rings. The predicted molar refractivity (Wildman–Crippen MR) is 478 cm³/mol. The fourth-order valence-corrected chi connectivity index (χ4v) is 9.36. The number of nitrogens with one attached hydrogen (secondary N) is 1. The number of amides is 1. The Hall–Kier alpha value is -2.55. The van der Waals surface area contributed by atoms with Gasteiger partial charge in [-0.25, -0.2) is 0 Å². The highest BCUT2D eigenvalue weighted by Crippen LogP contribution is 1.97. The van der Waals surface area contributed by atoms with E-state index in [2.05, 4.69) is 23.9 Å². The van der Waals surface area contributed by atoms with Crippen LogP contribution in [0.1, 0.15) is 12.8 Å². The number of thiol groups is 1.